The smallest absolute Gasteiger partial charge is 0.386 e. The van der Waals surface area contributed by atoms with E-state index >= 15 is 0 Å². The summed E-state index contributed by atoms with van der Waals surface area (Å²) in [5.74, 6) is 0. The minimum absolute atomic E-state index is 0.167. The van der Waals surface area contributed by atoms with Crippen molar-refractivity contribution in [3.8, 4) is 0 Å². The molecular formula is C7H17ClO2Si. The molecule has 0 aliphatic carbocycles. The molecule has 0 saturated heterocycles. The molecule has 0 rings (SSSR count). The minimum atomic E-state index is -2.36. The molecule has 11 heavy (non-hydrogen) atoms. The summed E-state index contributed by atoms with van der Waals surface area (Å²) >= 11 is 6.09. The summed E-state index contributed by atoms with van der Waals surface area (Å²) in [7, 11) is 0.851. The van der Waals surface area contributed by atoms with E-state index in [-0.39, 0.29) is 5.41 Å². The molecule has 68 valence electrons. The van der Waals surface area contributed by atoms with E-state index in [2.05, 4.69) is 20.8 Å². The van der Waals surface area contributed by atoms with Gasteiger partial charge in [-0.1, -0.05) is 31.9 Å². The van der Waals surface area contributed by atoms with Gasteiger partial charge in [-0.05, 0) is 5.41 Å². The minimum Gasteiger partial charge on any atom is -0.386 e. The SMILES string of the molecule is CO[Si](Cl)(CC(C)(C)C)OC. The van der Waals surface area contributed by atoms with E-state index in [9.17, 15) is 0 Å². The third kappa shape index (κ3) is 4.79. The van der Waals surface area contributed by atoms with Crippen molar-refractivity contribution in [1.82, 2.24) is 0 Å². The highest BCUT2D eigenvalue weighted by Crippen LogP contribution is 2.30. The van der Waals surface area contributed by atoms with Crippen LogP contribution in [-0.2, 0) is 8.85 Å². The van der Waals surface area contributed by atoms with Crippen LogP contribution < -0.4 is 0 Å². The number of hydrogen-bond acceptors (Lipinski definition) is 2. The Labute approximate surface area is 74.8 Å². The molecule has 0 radical (unpaired) electrons. The predicted molar refractivity (Wildman–Crippen MR) is 49.9 cm³/mol. The molecular weight excluding hydrogens is 180 g/mol. The lowest BCUT2D eigenvalue weighted by Crippen LogP contribution is -2.37. The summed E-state index contributed by atoms with van der Waals surface area (Å²) in [6, 6.07) is 0.800. The van der Waals surface area contributed by atoms with Crippen molar-refractivity contribution in [3.05, 3.63) is 0 Å². The zero-order valence-corrected chi connectivity index (χ0v) is 9.66. The van der Waals surface area contributed by atoms with Crippen molar-refractivity contribution in [2.75, 3.05) is 14.2 Å². The van der Waals surface area contributed by atoms with E-state index in [1.165, 1.54) is 0 Å². The molecule has 0 unspecified atom stereocenters. The summed E-state index contributed by atoms with van der Waals surface area (Å²) in [5.41, 5.74) is 0.167. The summed E-state index contributed by atoms with van der Waals surface area (Å²) in [5, 5.41) is 0. The Bertz CT molecular complexity index is 118. The molecule has 2 nitrogen and oxygen atoms in total. The number of halogens is 1. The highest BCUT2D eigenvalue weighted by Gasteiger charge is 2.38. The molecule has 0 fully saturated rings. The van der Waals surface area contributed by atoms with Gasteiger partial charge < -0.3 is 8.85 Å². The summed E-state index contributed by atoms with van der Waals surface area (Å²) in [6.45, 7) is 6.36. The molecule has 0 saturated carbocycles. The molecule has 0 aliphatic rings. The van der Waals surface area contributed by atoms with E-state index in [4.69, 9.17) is 19.9 Å². The van der Waals surface area contributed by atoms with Gasteiger partial charge in [0.05, 0.1) is 0 Å². The van der Waals surface area contributed by atoms with Gasteiger partial charge in [0.15, 0.2) is 0 Å². The Morgan fingerprint density at radius 1 is 1.18 bits per heavy atom. The first-order valence-corrected chi connectivity index (χ1v) is 6.66. The molecule has 0 aromatic carbocycles. The van der Waals surface area contributed by atoms with Gasteiger partial charge in [0, 0.05) is 20.3 Å². The first-order chi connectivity index (χ1) is 4.83. The Kier molecular flexibility index (Phi) is 4.04. The average Bonchev–Trinajstić information content (AvgIpc) is 1.84. The van der Waals surface area contributed by atoms with Crippen LogP contribution >= 0.6 is 11.1 Å². The van der Waals surface area contributed by atoms with Gasteiger partial charge in [0.1, 0.15) is 0 Å². The summed E-state index contributed by atoms with van der Waals surface area (Å²) < 4.78 is 10.3. The number of rotatable bonds is 3. The third-order valence-corrected chi connectivity index (χ3v) is 5.38. The molecule has 0 N–H and O–H groups in total. The lowest BCUT2D eigenvalue weighted by Gasteiger charge is -2.27. The van der Waals surface area contributed by atoms with Gasteiger partial charge in [-0.2, -0.15) is 0 Å². The fraction of sp³-hybridized carbons (Fsp3) is 1.00. The van der Waals surface area contributed by atoms with Gasteiger partial charge in [0.25, 0.3) is 0 Å². The van der Waals surface area contributed by atoms with Crippen LogP contribution in [0.3, 0.4) is 0 Å². The highest BCUT2D eigenvalue weighted by atomic mass is 35.6. The Hall–Kier alpha value is 0.427. The van der Waals surface area contributed by atoms with Crippen LogP contribution in [0.25, 0.3) is 0 Å². The van der Waals surface area contributed by atoms with Crippen molar-refractivity contribution in [3.63, 3.8) is 0 Å². The topological polar surface area (TPSA) is 18.5 Å². The first kappa shape index (κ1) is 11.4. The molecule has 0 aliphatic heterocycles. The van der Waals surface area contributed by atoms with E-state index in [0.29, 0.717) is 0 Å². The fourth-order valence-corrected chi connectivity index (χ4v) is 3.79. The highest BCUT2D eigenvalue weighted by molar-refractivity contribution is 7.13. The molecule has 0 amide bonds. The van der Waals surface area contributed by atoms with E-state index < -0.39 is 7.87 Å². The average molecular weight is 197 g/mol. The maximum atomic E-state index is 6.09. The Morgan fingerprint density at radius 2 is 1.55 bits per heavy atom. The summed E-state index contributed by atoms with van der Waals surface area (Å²) in [4.78, 5) is 0. The predicted octanol–water partition coefficient (Wildman–Crippen LogP) is 2.50. The maximum Gasteiger partial charge on any atom is 0.443 e. The van der Waals surface area contributed by atoms with Gasteiger partial charge in [-0.3, -0.25) is 0 Å². The van der Waals surface area contributed by atoms with Crippen LogP contribution in [0.4, 0.5) is 0 Å². The molecule has 0 aromatic heterocycles. The van der Waals surface area contributed by atoms with Crippen molar-refractivity contribution in [2.24, 2.45) is 5.41 Å². The quantitative estimate of drug-likeness (QED) is 0.510. The van der Waals surface area contributed by atoms with Crippen molar-refractivity contribution in [1.29, 1.82) is 0 Å². The zero-order valence-electron chi connectivity index (χ0n) is 7.90. The van der Waals surface area contributed by atoms with Crippen LogP contribution in [0.5, 0.6) is 0 Å². The summed E-state index contributed by atoms with van der Waals surface area (Å²) in [6.07, 6.45) is 0. The molecule has 0 atom stereocenters. The van der Waals surface area contributed by atoms with Crippen molar-refractivity contribution < 1.29 is 8.85 Å². The standard InChI is InChI=1S/C7H17ClO2Si/c1-7(2,3)6-11(8,9-4)10-5/h6H2,1-5H3. The van der Waals surface area contributed by atoms with Gasteiger partial charge in [-0.15, -0.1) is 0 Å². The molecule has 0 bridgehead atoms. The van der Waals surface area contributed by atoms with Crippen molar-refractivity contribution in [2.45, 2.75) is 26.8 Å². The largest absolute Gasteiger partial charge is 0.443 e. The van der Waals surface area contributed by atoms with Crippen LogP contribution in [0, 0.1) is 5.41 Å². The van der Waals surface area contributed by atoms with Crippen LogP contribution in [0.2, 0.25) is 6.04 Å². The fourth-order valence-electron chi connectivity index (χ4n) is 0.861. The zero-order chi connectivity index (χ0) is 9.12. The Morgan fingerprint density at radius 3 is 1.64 bits per heavy atom. The van der Waals surface area contributed by atoms with Gasteiger partial charge in [0.2, 0.25) is 0 Å². The maximum absolute atomic E-state index is 6.09. The van der Waals surface area contributed by atoms with E-state index in [1.807, 2.05) is 0 Å². The second-order valence-corrected chi connectivity index (χ2v) is 8.02. The van der Waals surface area contributed by atoms with E-state index in [1.54, 1.807) is 14.2 Å². The third-order valence-electron chi connectivity index (χ3n) is 1.35. The first-order valence-electron chi connectivity index (χ1n) is 3.62. The second kappa shape index (κ2) is 3.89. The van der Waals surface area contributed by atoms with Crippen LogP contribution in [-0.4, -0.2) is 22.1 Å². The van der Waals surface area contributed by atoms with Gasteiger partial charge in [-0.25, -0.2) is 0 Å². The lowest BCUT2D eigenvalue weighted by atomic mass is 10.0. The lowest BCUT2D eigenvalue weighted by molar-refractivity contribution is 0.247. The van der Waals surface area contributed by atoms with Gasteiger partial charge >= 0.3 is 7.87 Å². The molecule has 4 heteroatoms. The Balaban J connectivity index is 4.08. The molecule has 0 heterocycles. The number of hydrogen-bond donors (Lipinski definition) is 0. The normalized spacial score (nSPS) is 13.6. The van der Waals surface area contributed by atoms with Crippen LogP contribution in [0.1, 0.15) is 20.8 Å². The molecule has 0 aromatic rings. The monoisotopic (exact) mass is 196 g/mol. The van der Waals surface area contributed by atoms with E-state index in [0.717, 1.165) is 6.04 Å². The second-order valence-electron chi connectivity index (χ2n) is 3.81. The van der Waals surface area contributed by atoms with Crippen molar-refractivity contribution >= 4 is 18.9 Å². The van der Waals surface area contributed by atoms with Crippen LogP contribution in [0.15, 0.2) is 0 Å². The molecule has 0 spiro atoms.